The van der Waals surface area contributed by atoms with Crippen LogP contribution in [0.5, 0.6) is 5.75 Å². The molecule has 2 atom stereocenters. The van der Waals surface area contributed by atoms with E-state index >= 15 is 4.79 Å². The number of anilines is 1. The number of fused-ring (bicyclic) bond motifs is 4. The van der Waals surface area contributed by atoms with Crippen LogP contribution < -0.4 is 9.64 Å². The normalized spacial score (nSPS) is 16.0. The lowest BCUT2D eigenvalue weighted by Crippen LogP contribution is -2.48. The van der Waals surface area contributed by atoms with Crippen molar-refractivity contribution in [2.45, 2.75) is 59.0 Å². The second-order valence-electron chi connectivity index (χ2n) is 13.7. The van der Waals surface area contributed by atoms with Crippen LogP contribution in [0.25, 0.3) is 44.5 Å². The smallest absolute Gasteiger partial charge is 0.276 e. The number of ether oxygens (including phenoxy) is 1. The van der Waals surface area contributed by atoms with Crippen LogP contribution in [0.4, 0.5) is 5.69 Å². The number of aryl methyl sites for hydroxylation is 6. The fraction of sp³-hybridized carbons (Fsp3) is 0.308. The SMILES string of the molecule is Cc1cc(OCCCc2c3n(c4c(-c5c(C)nn(C)c5C)cccc24)C(C)[C@@H](Cl)N(c2c(-c4nn[nH]n4)n(C)c4ccccc24)C3=O)cc(C)c1Cl. The van der Waals surface area contributed by atoms with Gasteiger partial charge in [0.2, 0.25) is 5.82 Å². The molecule has 1 aliphatic rings. The number of aromatic nitrogens is 8. The molecule has 0 saturated heterocycles. The Hall–Kier alpha value is -5.13. The fourth-order valence-corrected chi connectivity index (χ4v) is 8.45. The van der Waals surface area contributed by atoms with Gasteiger partial charge in [-0.2, -0.15) is 10.3 Å². The van der Waals surface area contributed by atoms with Crippen LogP contribution in [-0.4, -0.2) is 57.6 Å². The Morgan fingerprint density at radius 1 is 0.962 bits per heavy atom. The molecule has 1 unspecified atom stereocenters. The Morgan fingerprint density at radius 2 is 1.69 bits per heavy atom. The number of nitrogens with one attached hydrogen (secondary N) is 1. The highest BCUT2D eigenvalue weighted by Gasteiger charge is 2.44. The summed E-state index contributed by atoms with van der Waals surface area (Å²) in [7, 11) is 3.90. The van der Waals surface area contributed by atoms with Gasteiger partial charge in [0.25, 0.3) is 5.91 Å². The summed E-state index contributed by atoms with van der Waals surface area (Å²) in [5.41, 5.74) is 9.99. The van der Waals surface area contributed by atoms with Gasteiger partial charge in [0.05, 0.1) is 35.1 Å². The minimum atomic E-state index is -0.747. The Labute approximate surface area is 311 Å². The fourth-order valence-electron chi connectivity index (χ4n) is 8.04. The maximum atomic E-state index is 15.4. The van der Waals surface area contributed by atoms with Crippen molar-refractivity contribution in [3.05, 3.63) is 93.4 Å². The van der Waals surface area contributed by atoms with Crippen molar-refractivity contribution in [3.8, 4) is 28.4 Å². The van der Waals surface area contributed by atoms with Gasteiger partial charge in [0.1, 0.15) is 22.6 Å². The maximum absolute atomic E-state index is 15.4. The number of halogens is 2. The Kier molecular flexibility index (Phi) is 8.38. The molecular formula is C39H39Cl2N9O2. The Bertz CT molecular complexity index is 2510. The van der Waals surface area contributed by atoms with Crippen molar-refractivity contribution >= 4 is 56.6 Å². The van der Waals surface area contributed by atoms with Gasteiger partial charge in [0, 0.05) is 46.7 Å². The van der Waals surface area contributed by atoms with E-state index in [0.717, 1.165) is 71.8 Å². The lowest BCUT2D eigenvalue weighted by Gasteiger charge is -2.38. The number of hydrogen-bond acceptors (Lipinski definition) is 6. The molecule has 0 radical (unpaired) electrons. The molecule has 7 aromatic rings. The van der Waals surface area contributed by atoms with Crippen LogP contribution in [0, 0.1) is 27.7 Å². The van der Waals surface area contributed by atoms with Crippen molar-refractivity contribution in [1.29, 1.82) is 0 Å². The first-order chi connectivity index (χ1) is 25.0. The maximum Gasteiger partial charge on any atom is 0.276 e. The second kappa shape index (κ2) is 12.8. The van der Waals surface area contributed by atoms with E-state index in [1.54, 1.807) is 4.90 Å². The average Bonchev–Trinajstić information content (AvgIpc) is 3.89. The van der Waals surface area contributed by atoms with E-state index in [2.05, 4.69) is 57.2 Å². The Morgan fingerprint density at radius 3 is 2.38 bits per heavy atom. The lowest BCUT2D eigenvalue weighted by molar-refractivity contribution is 0.0951. The van der Waals surface area contributed by atoms with Crippen LogP contribution in [0.1, 0.15) is 58.0 Å². The topological polar surface area (TPSA) is 112 Å². The first kappa shape index (κ1) is 34.0. The van der Waals surface area contributed by atoms with Crippen LogP contribution in [0.15, 0.2) is 54.6 Å². The molecule has 8 rings (SSSR count). The van der Waals surface area contributed by atoms with Crippen molar-refractivity contribution in [2.75, 3.05) is 11.5 Å². The summed E-state index contributed by atoms with van der Waals surface area (Å²) in [5.74, 6) is 0.957. The lowest BCUT2D eigenvalue weighted by atomic mass is 9.98. The molecule has 1 amide bonds. The molecular weight excluding hydrogens is 697 g/mol. The summed E-state index contributed by atoms with van der Waals surface area (Å²) in [4.78, 5) is 17.1. The molecule has 1 aliphatic heterocycles. The number of amides is 1. The molecule has 3 aromatic carbocycles. The third-order valence-electron chi connectivity index (χ3n) is 10.5. The molecule has 1 N–H and O–H groups in total. The van der Waals surface area contributed by atoms with E-state index in [0.29, 0.717) is 42.3 Å². The molecule has 0 saturated carbocycles. The van der Waals surface area contributed by atoms with Crippen molar-refractivity contribution < 1.29 is 9.53 Å². The third kappa shape index (κ3) is 5.12. The molecule has 52 heavy (non-hydrogen) atoms. The highest BCUT2D eigenvalue weighted by atomic mass is 35.5. The summed E-state index contributed by atoms with van der Waals surface area (Å²) in [6, 6.07) is 17.9. The van der Waals surface area contributed by atoms with E-state index in [1.165, 1.54) is 0 Å². The molecule has 5 heterocycles. The van der Waals surface area contributed by atoms with Gasteiger partial charge in [-0.15, -0.1) is 10.2 Å². The highest BCUT2D eigenvalue weighted by Crippen LogP contribution is 2.48. The predicted octanol–water partition coefficient (Wildman–Crippen LogP) is 8.40. The zero-order valence-corrected chi connectivity index (χ0v) is 31.6. The van der Waals surface area contributed by atoms with Crippen molar-refractivity contribution in [2.24, 2.45) is 14.1 Å². The standard InChI is InChI=1S/C39H39Cl2N9O2/c1-20-18-25(19-21(2)32(20)40)52-17-11-15-27-26-13-10-14-29(31-22(3)44-48(7)23(31)4)33(26)49-24(5)37(41)50(39(51)35(27)49)34-28-12-8-9-16-30(28)47(6)36(34)38-42-45-46-43-38/h8-10,12-14,16,18-19,24,37H,11,15,17H2,1-7H3,(H,42,43,45,46)/t24?,37-/m0/s1. The molecule has 0 bridgehead atoms. The quantitative estimate of drug-likeness (QED) is 0.0954. The number of benzene rings is 3. The predicted molar refractivity (Wildman–Crippen MR) is 206 cm³/mol. The van der Waals surface area contributed by atoms with Gasteiger partial charge in [0.15, 0.2) is 0 Å². The first-order valence-corrected chi connectivity index (χ1v) is 18.2. The number of alkyl halides is 1. The number of para-hydroxylation sites is 2. The van der Waals surface area contributed by atoms with E-state index < -0.39 is 5.50 Å². The first-order valence-electron chi connectivity index (χ1n) is 17.3. The number of rotatable bonds is 8. The number of aromatic amines is 1. The van der Waals surface area contributed by atoms with Gasteiger partial charge in [-0.25, -0.2) is 0 Å². The van der Waals surface area contributed by atoms with Gasteiger partial charge < -0.3 is 13.9 Å². The third-order valence-corrected chi connectivity index (χ3v) is 11.7. The number of hydrogen-bond donors (Lipinski definition) is 1. The zero-order valence-electron chi connectivity index (χ0n) is 30.1. The molecule has 4 aromatic heterocycles. The van der Waals surface area contributed by atoms with Crippen LogP contribution in [0.3, 0.4) is 0 Å². The average molecular weight is 737 g/mol. The number of tetrazole rings is 1. The second-order valence-corrected chi connectivity index (χ2v) is 14.5. The summed E-state index contributed by atoms with van der Waals surface area (Å²) < 4.78 is 12.3. The van der Waals surface area contributed by atoms with E-state index in [9.17, 15) is 0 Å². The summed E-state index contributed by atoms with van der Waals surface area (Å²) in [6.07, 6.45) is 1.28. The molecule has 11 nitrogen and oxygen atoms in total. The summed E-state index contributed by atoms with van der Waals surface area (Å²) in [6.45, 7) is 10.6. The summed E-state index contributed by atoms with van der Waals surface area (Å²) in [5, 5.41) is 22.5. The van der Waals surface area contributed by atoms with Crippen molar-refractivity contribution in [1.82, 2.24) is 39.5 Å². The molecule has 266 valence electrons. The Balaban J connectivity index is 1.31. The largest absolute Gasteiger partial charge is 0.494 e. The number of nitrogens with zero attached hydrogens (tertiary/aromatic N) is 8. The number of carbonyl (C=O) groups is 1. The summed E-state index contributed by atoms with van der Waals surface area (Å²) >= 11 is 13.9. The van der Waals surface area contributed by atoms with Gasteiger partial charge in [-0.3, -0.25) is 14.4 Å². The zero-order chi connectivity index (χ0) is 36.6. The molecule has 13 heteroatoms. The van der Waals surface area contributed by atoms with E-state index in [4.69, 9.17) is 33.0 Å². The van der Waals surface area contributed by atoms with Crippen LogP contribution in [0.2, 0.25) is 5.02 Å². The van der Waals surface area contributed by atoms with Gasteiger partial charge in [-0.1, -0.05) is 59.6 Å². The number of carbonyl (C=O) groups excluding carboxylic acids is 1. The van der Waals surface area contributed by atoms with Crippen LogP contribution in [-0.2, 0) is 20.5 Å². The van der Waals surface area contributed by atoms with E-state index in [-0.39, 0.29) is 11.9 Å². The van der Waals surface area contributed by atoms with Gasteiger partial charge >= 0.3 is 0 Å². The number of H-pyrrole nitrogens is 1. The molecule has 0 spiro atoms. The van der Waals surface area contributed by atoms with E-state index in [1.807, 2.05) is 80.5 Å². The van der Waals surface area contributed by atoms with Crippen molar-refractivity contribution in [3.63, 3.8) is 0 Å². The van der Waals surface area contributed by atoms with Gasteiger partial charge in [-0.05, 0) is 87.6 Å². The van der Waals surface area contributed by atoms with Crippen LogP contribution >= 0.6 is 23.2 Å². The highest BCUT2D eigenvalue weighted by molar-refractivity contribution is 6.32. The molecule has 0 aliphatic carbocycles. The minimum absolute atomic E-state index is 0.194. The monoisotopic (exact) mass is 735 g/mol. The minimum Gasteiger partial charge on any atom is -0.494 e. The molecule has 0 fully saturated rings.